The first-order valence-corrected chi connectivity index (χ1v) is 4.40. The molecule has 56 valence electrons. The number of unbranched alkanes of at least 4 members (excludes halogenated alkanes) is 1. The van der Waals surface area contributed by atoms with Gasteiger partial charge in [-0.25, -0.2) is 0 Å². The summed E-state index contributed by atoms with van der Waals surface area (Å²) in [5.74, 6) is 1.66. The van der Waals surface area contributed by atoms with E-state index in [0.29, 0.717) is 0 Å². The number of rotatable bonds is 5. The van der Waals surface area contributed by atoms with Crippen molar-refractivity contribution in [2.45, 2.75) is 39.5 Å². The predicted octanol–water partition coefficient (Wildman–Crippen LogP) is 3.44. The molecule has 0 rings (SSSR count). The lowest BCUT2D eigenvalue weighted by atomic mass is 10.0. The number of hydrogen-bond acceptors (Lipinski definition) is 0. The molecule has 0 fully saturated rings. The molecule has 0 spiro atoms. The molecule has 0 heterocycles. The van der Waals surface area contributed by atoms with Crippen LogP contribution >= 0.6 is 11.6 Å². The van der Waals surface area contributed by atoms with Crippen LogP contribution in [0.25, 0.3) is 0 Å². The zero-order valence-corrected chi connectivity index (χ0v) is 7.25. The molecular weight excluding hydrogens is 132 g/mol. The molecule has 0 radical (unpaired) electrons. The van der Waals surface area contributed by atoms with Gasteiger partial charge in [-0.3, -0.25) is 0 Å². The van der Waals surface area contributed by atoms with Crippen LogP contribution in [0, 0.1) is 5.92 Å². The molecule has 9 heavy (non-hydrogen) atoms. The van der Waals surface area contributed by atoms with Gasteiger partial charge < -0.3 is 0 Å². The summed E-state index contributed by atoms with van der Waals surface area (Å²) < 4.78 is 0. The first-order valence-electron chi connectivity index (χ1n) is 3.87. The Kier molecular flexibility index (Phi) is 6.62. The zero-order chi connectivity index (χ0) is 7.11. The van der Waals surface area contributed by atoms with Gasteiger partial charge in [-0.05, 0) is 12.3 Å². The van der Waals surface area contributed by atoms with E-state index >= 15 is 0 Å². The van der Waals surface area contributed by atoms with Crippen molar-refractivity contribution in [2.24, 2.45) is 5.92 Å². The van der Waals surface area contributed by atoms with Crippen molar-refractivity contribution in [2.75, 3.05) is 5.88 Å². The van der Waals surface area contributed by atoms with E-state index in [1.165, 1.54) is 25.7 Å². The highest BCUT2D eigenvalue weighted by atomic mass is 35.5. The number of alkyl halides is 1. The van der Waals surface area contributed by atoms with E-state index in [0.717, 1.165) is 11.8 Å². The summed E-state index contributed by atoms with van der Waals surface area (Å²) in [4.78, 5) is 0. The molecule has 0 aromatic carbocycles. The van der Waals surface area contributed by atoms with Crippen LogP contribution in [-0.2, 0) is 0 Å². The molecule has 0 aliphatic carbocycles. The molecule has 0 aliphatic heterocycles. The second kappa shape index (κ2) is 6.41. The maximum Gasteiger partial charge on any atom is 0.0225 e. The Hall–Kier alpha value is 0.290. The van der Waals surface area contributed by atoms with Crippen LogP contribution in [0.3, 0.4) is 0 Å². The SMILES string of the molecule is CCCCC(C)CCCl. The van der Waals surface area contributed by atoms with Crippen molar-refractivity contribution in [3.8, 4) is 0 Å². The summed E-state index contributed by atoms with van der Waals surface area (Å²) in [6.45, 7) is 4.51. The van der Waals surface area contributed by atoms with Crippen molar-refractivity contribution >= 4 is 11.6 Å². The molecule has 0 nitrogen and oxygen atoms in total. The third-order valence-corrected chi connectivity index (χ3v) is 1.87. The van der Waals surface area contributed by atoms with E-state index in [9.17, 15) is 0 Å². The van der Waals surface area contributed by atoms with Crippen molar-refractivity contribution in [3.05, 3.63) is 0 Å². The van der Waals surface area contributed by atoms with Crippen LogP contribution in [0.1, 0.15) is 39.5 Å². The topological polar surface area (TPSA) is 0 Å². The van der Waals surface area contributed by atoms with Gasteiger partial charge in [0.15, 0.2) is 0 Å². The van der Waals surface area contributed by atoms with E-state index in [2.05, 4.69) is 13.8 Å². The summed E-state index contributed by atoms with van der Waals surface area (Å²) in [6.07, 6.45) is 5.20. The molecule has 0 aliphatic rings. The Morgan fingerprint density at radius 1 is 1.33 bits per heavy atom. The van der Waals surface area contributed by atoms with E-state index < -0.39 is 0 Å². The Morgan fingerprint density at radius 3 is 2.44 bits per heavy atom. The molecule has 0 aromatic heterocycles. The highest BCUT2D eigenvalue weighted by molar-refractivity contribution is 6.17. The van der Waals surface area contributed by atoms with E-state index in [1.54, 1.807) is 0 Å². The van der Waals surface area contributed by atoms with Gasteiger partial charge in [-0.15, -0.1) is 11.6 Å². The maximum atomic E-state index is 5.58. The smallest absolute Gasteiger partial charge is 0.0225 e. The lowest BCUT2D eigenvalue weighted by Gasteiger charge is -2.06. The molecule has 0 amide bonds. The fourth-order valence-corrected chi connectivity index (χ4v) is 1.26. The van der Waals surface area contributed by atoms with Gasteiger partial charge >= 0.3 is 0 Å². The van der Waals surface area contributed by atoms with Gasteiger partial charge in [0, 0.05) is 5.88 Å². The summed E-state index contributed by atoms with van der Waals surface area (Å²) in [7, 11) is 0. The van der Waals surface area contributed by atoms with Crippen LogP contribution in [0.5, 0.6) is 0 Å². The minimum Gasteiger partial charge on any atom is -0.127 e. The summed E-state index contributed by atoms with van der Waals surface area (Å²) in [5.41, 5.74) is 0. The molecular formula is C8H17Cl. The molecule has 0 saturated heterocycles. The summed E-state index contributed by atoms with van der Waals surface area (Å²) in [6, 6.07) is 0. The highest BCUT2D eigenvalue weighted by Gasteiger charge is 1.98. The highest BCUT2D eigenvalue weighted by Crippen LogP contribution is 2.11. The third kappa shape index (κ3) is 6.17. The first-order chi connectivity index (χ1) is 4.31. The van der Waals surface area contributed by atoms with Gasteiger partial charge in [0.05, 0.1) is 0 Å². The van der Waals surface area contributed by atoms with Gasteiger partial charge in [0.25, 0.3) is 0 Å². The fraction of sp³-hybridized carbons (Fsp3) is 1.00. The van der Waals surface area contributed by atoms with Crippen LogP contribution in [0.15, 0.2) is 0 Å². The number of halogens is 1. The Morgan fingerprint density at radius 2 is 2.00 bits per heavy atom. The average Bonchev–Trinajstić information content (AvgIpc) is 1.85. The molecule has 1 heteroatoms. The molecule has 0 aromatic rings. The van der Waals surface area contributed by atoms with Crippen LogP contribution in [-0.4, -0.2) is 5.88 Å². The molecule has 0 saturated carbocycles. The van der Waals surface area contributed by atoms with Crippen molar-refractivity contribution < 1.29 is 0 Å². The van der Waals surface area contributed by atoms with Gasteiger partial charge in [-0.2, -0.15) is 0 Å². The summed E-state index contributed by atoms with van der Waals surface area (Å²) in [5, 5.41) is 0. The Balaban J connectivity index is 2.95. The largest absolute Gasteiger partial charge is 0.127 e. The first kappa shape index (κ1) is 9.29. The summed E-state index contributed by atoms with van der Waals surface area (Å²) >= 11 is 5.58. The lowest BCUT2D eigenvalue weighted by molar-refractivity contribution is 0.494. The van der Waals surface area contributed by atoms with Crippen LogP contribution in [0.4, 0.5) is 0 Å². The molecule has 0 N–H and O–H groups in total. The van der Waals surface area contributed by atoms with E-state index in [4.69, 9.17) is 11.6 Å². The van der Waals surface area contributed by atoms with Crippen LogP contribution in [0.2, 0.25) is 0 Å². The van der Waals surface area contributed by atoms with Gasteiger partial charge in [0.1, 0.15) is 0 Å². The zero-order valence-electron chi connectivity index (χ0n) is 6.49. The second-order valence-corrected chi connectivity index (χ2v) is 3.10. The van der Waals surface area contributed by atoms with Crippen molar-refractivity contribution in [3.63, 3.8) is 0 Å². The molecule has 1 unspecified atom stereocenters. The molecule has 1 atom stereocenters. The van der Waals surface area contributed by atoms with Crippen molar-refractivity contribution in [1.82, 2.24) is 0 Å². The Bertz CT molecular complexity index is 52.5. The van der Waals surface area contributed by atoms with Gasteiger partial charge in [0.2, 0.25) is 0 Å². The average molecular weight is 149 g/mol. The molecule has 0 bridgehead atoms. The lowest BCUT2D eigenvalue weighted by Crippen LogP contribution is -1.94. The quantitative estimate of drug-likeness (QED) is 0.524. The second-order valence-electron chi connectivity index (χ2n) is 2.73. The van der Waals surface area contributed by atoms with E-state index in [-0.39, 0.29) is 0 Å². The van der Waals surface area contributed by atoms with E-state index in [1.807, 2.05) is 0 Å². The van der Waals surface area contributed by atoms with Crippen molar-refractivity contribution in [1.29, 1.82) is 0 Å². The number of hydrogen-bond donors (Lipinski definition) is 0. The standard InChI is InChI=1S/C8H17Cl/c1-3-4-5-8(2)6-7-9/h8H,3-7H2,1-2H3. The predicted molar refractivity (Wildman–Crippen MR) is 44.0 cm³/mol. The minimum absolute atomic E-state index is 0.824. The van der Waals surface area contributed by atoms with Crippen LogP contribution < -0.4 is 0 Å². The third-order valence-electron chi connectivity index (χ3n) is 1.65. The Labute approximate surface area is 63.6 Å². The minimum atomic E-state index is 0.824. The normalized spacial score (nSPS) is 13.7. The maximum absolute atomic E-state index is 5.58. The fourth-order valence-electron chi connectivity index (χ4n) is 0.883. The van der Waals surface area contributed by atoms with Gasteiger partial charge in [-0.1, -0.05) is 33.1 Å². The monoisotopic (exact) mass is 148 g/mol.